The van der Waals surface area contributed by atoms with Gasteiger partial charge in [-0.2, -0.15) is 43.1 Å². The molecule has 23 nitrogen and oxygen atoms in total. The van der Waals surface area contributed by atoms with Crippen molar-refractivity contribution in [3.05, 3.63) is 0 Å². The first-order valence-electron chi connectivity index (χ1n) is 9.90. The molecule has 0 saturated carbocycles. The first kappa shape index (κ1) is 38.2. The maximum atomic E-state index is 11.5. The maximum absolute atomic E-state index is 11.5. The van der Waals surface area contributed by atoms with E-state index < -0.39 is 116 Å². The Bertz CT molecular complexity index is 1280. The van der Waals surface area contributed by atoms with Crippen LogP contribution in [0.4, 0.5) is 0 Å². The summed E-state index contributed by atoms with van der Waals surface area (Å²) >= 11 is 0. The quantitative estimate of drug-likeness (QED) is 0.0674. The standard InChI is InChI=1S/C12H24N2O21S4.Na/c15-1-3-7(17)9(34-38(25,26)27)6(14-37(22,23)24)12(32-3)33-8-4(2-16)31-11(18)5(13-36(19,20)21)10(8)35-39(28,29)30;/h3-18H,1-2H2,(H,19,20,21)(H,22,23,24)(H,25,26,27)(H,28,29,30);/q;+1/t3-,4-,5-,6-,7-,8-,9-,10-,11-,12+;/m1./s1. The van der Waals surface area contributed by atoms with E-state index in [1.54, 1.807) is 0 Å². The van der Waals surface area contributed by atoms with Crippen LogP contribution in [0.5, 0.6) is 0 Å². The zero-order chi connectivity index (χ0) is 30.1. The van der Waals surface area contributed by atoms with Gasteiger partial charge >= 0.3 is 71.0 Å². The van der Waals surface area contributed by atoms with Crippen molar-refractivity contribution in [2.24, 2.45) is 0 Å². The molecule has 10 atom stereocenters. The van der Waals surface area contributed by atoms with Crippen LogP contribution in [0.3, 0.4) is 0 Å². The summed E-state index contributed by atoms with van der Waals surface area (Å²) < 4.78 is 154. The van der Waals surface area contributed by atoms with Crippen LogP contribution in [0.2, 0.25) is 0 Å². The van der Waals surface area contributed by atoms with Gasteiger partial charge in [0.25, 0.3) is 0 Å². The zero-order valence-corrected chi connectivity index (χ0v) is 25.0. The predicted molar refractivity (Wildman–Crippen MR) is 114 cm³/mol. The molecule has 2 aliphatic rings. The normalized spacial score (nSPS) is 36.1. The zero-order valence-electron chi connectivity index (χ0n) is 19.7. The molecule has 0 aromatic carbocycles. The van der Waals surface area contributed by atoms with Crippen molar-refractivity contribution in [2.45, 2.75) is 61.3 Å². The van der Waals surface area contributed by atoms with Crippen LogP contribution < -0.4 is 39.0 Å². The molecule has 28 heteroatoms. The van der Waals surface area contributed by atoms with Gasteiger partial charge in [0.2, 0.25) is 0 Å². The summed E-state index contributed by atoms with van der Waals surface area (Å²) in [6.07, 6.45) is -18.4. The summed E-state index contributed by atoms with van der Waals surface area (Å²) in [6, 6.07) is -4.80. The molecular formula is C12H24N2NaO21S4+. The Hall–Kier alpha value is 0.200. The van der Waals surface area contributed by atoms with E-state index in [-0.39, 0.29) is 29.6 Å². The third-order valence-electron chi connectivity index (χ3n) is 5.03. The average Bonchev–Trinajstić information content (AvgIpc) is 2.73. The van der Waals surface area contributed by atoms with Crippen LogP contribution >= 0.6 is 0 Å². The summed E-state index contributed by atoms with van der Waals surface area (Å²) in [5.41, 5.74) is 0. The van der Waals surface area contributed by atoms with Crippen LogP contribution in [0, 0.1) is 0 Å². The average molecular weight is 684 g/mol. The molecular weight excluding hydrogens is 659 g/mol. The van der Waals surface area contributed by atoms with Gasteiger partial charge in [0, 0.05) is 0 Å². The minimum absolute atomic E-state index is 0. The Morgan fingerprint density at radius 1 is 0.650 bits per heavy atom. The fourth-order valence-corrected chi connectivity index (χ4v) is 5.88. The van der Waals surface area contributed by atoms with E-state index in [4.69, 9.17) is 23.3 Å². The molecule has 2 saturated heterocycles. The van der Waals surface area contributed by atoms with E-state index in [1.165, 1.54) is 9.44 Å². The number of ether oxygens (including phenoxy) is 3. The summed E-state index contributed by atoms with van der Waals surface area (Å²) in [5.74, 6) is 0. The van der Waals surface area contributed by atoms with Gasteiger partial charge in [0.1, 0.15) is 48.7 Å². The molecule has 10 N–H and O–H groups in total. The van der Waals surface area contributed by atoms with E-state index in [9.17, 15) is 63.2 Å². The molecule has 0 amide bonds. The predicted octanol–water partition coefficient (Wildman–Crippen LogP) is -9.94. The molecule has 0 unspecified atom stereocenters. The van der Waals surface area contributed by atoms with Gasteiger partial charge in [-0.25, -0.2) is 8.37 Å². The molecule has 2 aliphatic heterocycles. The van der Waals surface area contributed by atoms with Crippen molar-refractivity contribution in [1.82, 2.24) is 9.44 Å². The smallest absolute Gasteiger partial charge is 0.394 e. The fourth-order valence-electron chi connectivity index (χ4n) is 3.67. The molecule has 40 heavy (non-hydrogen) atoms. The van der Waals surface area contributed by atoms with Gasteiger partial charge < -0.3 is 34.6 Å². The Morgan fingerprint density at radius 3 is 1.52 bits per heavy atom. The number of hydrogen-bond acceptors (Lipinski definition) is 17. The maximum Gasteiger partial charge on any atom is 1.00 e. The van der Waals surface area contributed by atoms with Crippen molar-refractivity contribution < 1.29 is 124 Å². The molecule has 0 aliphatic carbocycles. The molecule has 0 aromatic rings. The van der Waals surface area contributed by atoms with Crippen LogP contribution in [0.25, 0.3) is 0 Å². The summed E-state index contributed by atoms with van der Waals surface area (Å²) in [5, 5.41) is 39.5. The van der Waals surface area contributed by atoms with Crippen LogP contribution in [-0.4, -0.2) is 147 Å². The van der Waals surface area contributed by atoms with Crippen molar-refractivity contribution in [3.8, 4) is 0 Å². The van der Waals surface area contributed by atoms with Crippen molar-refractivity contribution in [3.63, 3.8) is 0 Å². The van der Waals surface area contributed by atoms with Crippen LogP contribution in [0.15, 0.2) is 0 Å². The summed E-state index contributed by atoms with van der Waals surface area (Å²) in [6.45, 7) is -2.42. The first-order chi connectivity index (χ1) is 17.5. The molecule has 2 heterocycles. The monoisotopic (exact) mass is 683 g/mol. The number of aliphatic hydroxyl groups excluding tert-OH is 4. The number of nitrogens with one attached hydrogen (secondary N) is 2. The van der Waals surface area contributed by atoms with Gasteiger partial charge in [-0.3, -0.25) is 18.2 Å². The SMILES string of the molecule is O=S(=O)(O)N[C@@H]1[C@@H](OS(=O)(=O)O)[C@H](O[C@@H]2O[C@H](CO)[C@@H](O)[C@H](OS(=O)(=O)O)[C@H]2NS(=O)(=O)O)[C@@H](CO)O[C@H]1O.[Na+]. The van der Waals surface area contributed by atoms with E-state index in [0.29, 0.717) is 0 Å². The second-order valence-electron chi connectivity index (χ2n) is 7.78. The number of rotatable bonds is 12. The van der Waals surface area contributed by atoms with E-state index in [2.05, 4.69) is 8.37 Å². The van der Waals surface area contributed by atoms with E-state index >= 15 is 0 Å². The Kier molecular flexibility index (Phi) is 13.7. The van der Waals surface area contributed by atoms with E-state index in [0.717, 1.165) is 0 Å². The van der Waals surface area contributed by atoms with Crippen molar-refractivity contribution in [2.75, 3.05) is 13.2 Å². The topological polar surface area (TPSA) is 369 Å². The molecule has 2 fully saturated rings. The third kappa shape index (κ3) is 11.4. The number of aliphatic hydroxyl groups is 4. The molecule has 0 spiro atoms. The minimum atomic E-state index is -5.60. The second kappa shape index (κ2) is 14.3. The van der Waals surface area contributed by atoms with Gasteiger partial charge in [-0.05, 0) is 0 Å². The van der Waals surface area contributed by atoms with Gasteiger partial charge in [-0.15, -0.1) is 0 Å². The molecule has 0 bridgehead atoms. The fraction of sp³-hybridized carbons (Fsp3) is 1.00. The molecule has 0 aromatic heterocycles. The Morgan fingerprint density at radius 2 is 1.10 bits per heavy atom. The third-order valence-corrected chi connectivity index (χ3v) is 7.10. The Labute approximate surface area is 248 Å². The van der Waals surface area contributed by atoms with Crippen molar-refractivity contribution in [1.29, 1.82) is 0 Å². The molecule has 0 radical (unpaired) electrons. The minimum Gasteiger partial charge on any atom is -0.394 e. The van der Waals surface area contributed by atoms with Crippen molar-refractivity contribution >= 4 is 41.4 Å². The Balaban J connectivity index is 0.00000800. The van der Waals surface area contributed by atoms with Crippen LogP contribution in [0.1, 0.15) is 0 Å². The first-order valence-corrected chi connectivity index (χ1v) is 15.5. The number of hydrogen-bond donors (Lipinski definition) is 10. The van der Waals surface area contributed by atoms with Gasteiger partial charge in [0.15, 0.2) is 12.6 Å². The molecule has 2 rings (SSSR count). The second-order valence-corrected chi connectivity index (χ2v) is 12.2. The summed E-state index contributed by atoms with van der Waals surface area (Å²) in [4.78, 5) is 0. The van der Waals surface area contributed by atoms with Gasteiger partial charge in [0.05, 0.1) is 13.2 Å². The molecule has 232 valence electrons. The van der Waals surface area contributed by atoms with E-state index in [1.807, 2.05) is 0 Å². The van der Waals surface area contributed by atoms with Crippen LogP contribution in [-0.2, 0) is 64.0 Å². The largest absolute Gasteiger partial charge is 1.00 e. The summed E-state index contributed by atoms with van der Waals surface area (Å²) in [7, 11) is -21.8. The van der Waals surface area contributed by atoms with Gasteiger partial charge in [-0.1, -0.05) is 0 Å².